The molecule has 40 heavy (non-hydrogen) atoms. The van der Waals surface area contributed by atoms with E-state index in [-0.39, 0.29) is 6.61 Å². The van der Waals surface area contributed by atoms with E-state index in [1.807, 2.05) is 54.6 Å². The molecule has 0 saturated heterocycles. The number of carbonyl (C=O) groups is 1. The molecule has 200 valence electrons. The minimum atomic E-state index is -0.392. The lowest BCUT2D eigenvalue weighted by Gasteiger charge is -2.11. The van der Waals surface area contributed by atoms with E-state index in [1.165, 1.54) is 6.21 Å². The fourth-order valence-electron chi connectivity index (χ4n) is 4.22. The van der Waals surface area contributed by atoms with Crippen LogP contribution < -0.4 is 19.6 Å². The van der Waals surface area contributed by atoms with Crippen molar-refractivity contribution in [3.05, 3.63) is 107 Å². The van der Waals surface area contributed by atoms with Crippen LogP contribution in [-0.4, -0.2) is 37.9 Å². The number of aromatic nitrogens is 1. The Balaban J connectivity index is 1.27. The molecule has 1 amide bonds. The summed E-state index contributed by atoms with van der Waals surface area (Å²) in [5, 5.41) is 5.08. The number of halogens is 1. The number of amides is 1. The molecule has 4 aromatic carbocycles. The molecule has 0 unspecified atom stereocenters. The first kappa shape index (κ1) is 26.9. The van der Waals surface area contributed by atoms with Gasteiger partial charge in [0.2, 0.25) is 0 Å². The summed E-state index contributed by atoms with van der Waals surface area (Å²) in [5.74, 6) is 1.44. The summed E-state index contributed by atoms with van der Waals surface area (Å²) in [7, 11) is 3.14. The number of methoxy groups -OCH3 is 2. The number of pyridine rings is 1. The van der Waals surface area contributed by atoms with E-state index in [9.17, 15) is 4.79 Å². The quantitative estimate of drug-likeness (QED) is 0.148. The third-order valence-electron chi connectivity index (χ3n) is 6.21. The lowest BCUT2D eigenvalue weighted by molar-refractivity contribution is -0.123. The molecule has 8 heteroatoms. The summed E-state index contributed by atoms with van der Waals surface area (Å²) in [6.45, 7) is -0.187. The van der Waals surface area contributed by atoms with E-state index in [2.05, 4.69) is 50.7 Å². The van der Waals surface area contributed by atoms with Gasteiger partial charge in [0.15, 0.2) is 6.61 Å². The number of hydrazone groups is 1. The Bertz CT molecular complexity index is 1670. The van der Waals surface area contributed by atoms with Crippen molar-refractivity contribution in [3.63, 3.8) is 0 Å². The van der Waals surface area contributed by atoms with Gasteiger partial charge in [0.05, 0.1) is 31.6 Å². The molecule has 5 rings (SSSR count). The van der Waals surface area contributed by atoms with Gasteiger partial charge >= 0.3 is 0 Å². The predicted octanol–water partition coefficient (Wildman–Crippen LogP) is 6.88. The van der Waals surface area contributed by atoms with Crippen molar-refractivity contribution in [1.29, 1.82) is 0 Å². The maximum atomic E-state index is 12.3. The molecule has 0 bridgehead atoms. The smallest absolute Gasteiger partial charge is 0.277 e. The number of fused-ring (bicyclic) bond motifs is 1. The highest BCUT2D eigenvalue weighted by Crippen LogP contribution is 2.34. The standard InChI is InChI=1S/C32H26BrN3O4/c1-38-26-13-15-31(39-2)23(16-26)19-34-36-32(37)20-40-25-11-8-22(9-12-25)30-18-27(21-6-4-3-5-7-21)28-17-24(33)10-14-29(28)35-30/h3-19H,20H2,1-2H3,(H,36,37)/b34-19-. The summed E-state index contributed by atoms with van der Waals surface area (Å²) < 4.78 is 17.2. The number of carbonyl (C=O) groups excluding carboxylic acids is 1. The number of hydrogen-bond acceptors (Lipinski definition) is 6. The zero-order valence-electron chi connectivity index (χ0n) is 21.9. The SMILES string of the molecule is COc1ccc(OC)c(/C=N\NC(=O)COc2ccc(-c3cc(-c4ccccc4)c4cc(Br)ccc4n3)cc2)c1. The van der Waals surface area contributed by atoms with Gasteiger partial charge in [-0.1, -0.05) is 46.3 Å². The van der Waals surface area contributed by atoms with Crippen LogP contribution in [0.4, 0.5) is 0 Å². The van der Waals surface area contributed by atoms with Crippen LogP contribution in [0.15, 0.2) is 107 Å². The molecule has 1 N–H and O–H groups in total. The molecule has 0 aliphatic rings. The maximum absolute atomic E-state index is 12.3. The van der Waals surface area contributed by atoms with Crippen LogP contribution in [0.1, 0.15) is 5.56 Å². The second-order valence-corrected chi connectivity index (χ2v) is 9.71. The fraction of sp³-hybridized carbons (Fsp3) is 0.0938. The number of nitrogens with one attached hydrogen (secondary N) is 1. The largest absolute Gasteiger partial charge is 0.497 e. The number of rotatable bonds is 9. The topological polar surface area (TPSA) is 82.0 Å². The Kier molecular flexibility index (Phi) is 8.37. The van der Waals surface area contributed by atoms with Crippen molar-refractivity contribution in [2.75, 3.05) is 20.8 Å². The Hall–Kier alpha value is -4.69. The summed E-state index contributed by atoms with van der Waals surface area (Å²) in [5.41, 5.74) is 8.05. The number of ether oxygens (including phenoxy) is 3. The van der Waals surface area contributed by atoms with Gasteiger partial charge in [0.25, 0.3) is 5.91 Å². The molecular formula is C32H26BrN3O4. The monoisotopic (exact) mass is 595 g/mol. The molecule has 0 aliphatic heterocycles. The van der Waals surface area contributed by atoms with Gasteiger partial charge in [0, 0.05) is 21.0 Å². The van der Waals surface area contributed by atoms with Gasteiger partial charge in [-0.25, -0.2) is 10.4 Å². The first-order valence-corrected chi connectivity index (χ1v) is 13.3. The first-order valence-electron chi connectivity index (χ1n) is 12.5. The van der Waals surface area contributed by atoms with Crippen LogP contribution >= 0.6 is 15.9 Å². The summed E-state index contributed by atoms with van der Waals surface area (Å²) in [6.07, 6.45) is 1.49. The summed E-state index contributed by atoms with van der Waals surface area (Å²) >= 11 is 3.58. The van der Waals surface area contributed by atoms with Gasteiger partial charge in [-0.3, -0.25) is 4.79 Å². The van der Waals surface area contributed by atoms with E-state index in [1.54, 1.807) is 32.4 Å². The van der Waals surface area contributed by atoms with Crippen LogP contribution in [0.2, 0.25) is 0 Å². The highest BCUT2D eigenvalue weighted by atomic mass is 79.9. The number of nitrogens with zero attached hydrogens (tertiary/aromatic N) is 2. The van der Waals surface area contributed by atoms with Crippen molar-refractivity contribution in [2.45, 2.75) is 0 Å². The van der Waals surface area contributed by atoms with Crippen molar-refractivity contribution >= 4 is 39.0 Å². The van der Waals surface area contributed by atoms with Crippen molar-refractivity contribution in [1.82, 2.24) is 10.4 Å². The van der Waals surface area contributed by atoms with Crippen molar-refractivity contribution < 1.29 is 19.0 Å². The van der Waals surface area contributed by atoms with E-state index >= 15 is 0 Å². The molecule has 5 aromatic rings. The summed E-state index contributed by atoms with van der Waals surface area (Å²) in [4.78, 5) is 17.2. The van der Waals surface area contributed by atoms with E-state index in [0.29, 0.717) is 22.8 Å². The molecule has 1 aromatic heterocycles. The number of benzene rings is 4. The molecule has 0 radical (unpaired) electrons. The maximum Gasteiger partial charge on any atom is 0.277 e. The van der Waals surface area contributed by atoms with Crippen LogP contribution in [-0.2, 0) is 4.79 Å². The fourth-order valence-corrected chi connectivity index (χ4v) is 4.58. The second-order valence-electron chi connectivity index (χ2n) is 8.80. The van der Waals surface area contributed by atoms with Crippen molar-refractivity contribution in [3.8, 4) is 39.6 Å². The average Bonchev–Trinajstić information content (AvgIpc) is 3.00. The molecule has 0 atom stereocenters. The van der Waals surface area contributed by atoms with Gasteiger partial charge in [-0.15, -0.1) is 0 Å². The molecule has 0 fully saturated rings. The van der Waals surface area contributed by atoms with Crippen LogP contribution in [0, 0.1) is 0 Å². The Morgan fingerprint density at radius 3 is 2.40 bits per heavy atom. The van der Waals surface area contributed by atoms with Crippen LogP contribution in [0.25, 0.3) is 33.3 Å². The van der Waals surface area contributed by atoms with Gasteiger partial charge in [-0.05, 0) is 77.9 Å². The molecule has 0 saturated carbocycles. The minimum absolute atomic E-state index is 0.187. The third-order valence-corrected chi connectivity index (χ3v) is 6.70. The third kappa shape index (κ3) is 6.30. The highest BCUT2D eigenvalue weighted by molar-refractivity contribution is 9.10. The zero-order valence-corrected chi connectivity index (χ0v) is 23.5. The lowest BCUT2D eigenvalue weighted by atomic mass is 9.98. The number of hydrogen-bond donors (Lipinski definition) is 1. The first-order chi connectivity index (χ1) is 19.5. The van der Waals surface area contributed by atoms with E-state index in [0.717, 1.165) is 37.8 Å². The summed E-state index contributed by atoms with van der Waals surface area (Å²) in [6, 6.07) is 31.3. The Labute approximate surface area is 240 Å². The van der Waals surface area contributed by atoms with Gasteiger partial charge in [-0.2, -0.15) is 5.10 Å². The van der Waals surface area contributed by atoms with Gasteiger partial charge in [0.1, 0.15) is 17.2 Å². The highest BCUT2D eigenvalue weighted by Gasteiger charge is 2.11. The zero-order chi connectivity index (χ0) is 27.9. The lowest BCUT2D eigenvalue weighted by Crippen LogP contribution is -2.24. The molecule has 0 spiro atoms. The molecule has 0 aliphatic carbocycles. The second kappa shape index (κ2) is 12.4. The molecular weight excluding hydrogens is 570 g/mol. The van der Waals surface area contributed by atoms with E-state index < -0.39 is 5.91 Å². The normalized spacial score (nSPS) is 11.0. The average molecular weight is 596 g/mol. The van der Waals surface area contributed by atoms with Crippen molar-refractivity contribution in [2.24, 2.45) is 5.10 Å². The minimum Gasteiger partial charge on any atom is -0.497 e. The molecule has 1 heterocycles. The van der Waals surface area contributed by atoms with E-state index in [4.69, 9.17) is 19.2 Å². The predicted molar refractivity (Wildman–Crippen MR) is 161 cm³/mol. The van der Waals surface area contributed by atoms with Crippen LogP contribution in [0.5, 0.6) is 17.2 Å². The Morgan fingerprint density at radius 2 is 1.65 bits per heavy atom. The van der Waals surface area contributed by atoms with Crippen LogP contribution in [0.3, 0.4) is 0 Å². The molecule has 7 nitrogen and oxygen atoms in total. The Morgan fingerprint density at radius 1 is 0.875 bits per heavy atom. The van der Waals surface area contributed by atoms with Gasteiger partial charge < -0.3 is 14.2 Å².